The average molecular weight is 294 g/mol. The van der Waals surface area contributed by atoms with Crippen molar-refractivity contribution in [2.24, 2.45) is 0 Å². The van der Waals surface area contributed by atoms with E-state index in [2.05, 4.69) is 16.3 Å². The Labute approximate surface area is 124 Å². The zero-order chi connectivity index (χ0) is 14.4. The lowest BCUT2D eigenvalue weighted by molar-refractivity contribution is 0.470. The zero-order valence-corrected chi connectivity index (χ0v) is 12.3. The molecule has 1 N–H and O–H groups in total. The van der Waals surface area contributed by atoms with E-state index in [0.717, 1.165) is 12.8 Å². The van der Waals surface area contributed by atoms with Gasteiger partial charge in [-0.2, -0.15) is 5.10 Å². The average Bonchev–Trinajstić information content (AvgIpc) is 2.40. The fourth-order valence-corrected chi connectivity index (χ4v) is 2.78. The van der Waals surface area contributed by atoms with Gasteiger partial charge in [-0.1, -0.05) is 49.6 Å². The molecular weight excluding hydrogens is 274 g/mol. The highest BCUT2D eigenvalue weighted by molar-refractivity contribution is 6.33. The first kappa shape index (κ1) is 14.9. The van der Waals surface area contributed by atoms with E-state index in [-0.39, 0.29) is 12.1 Å². The Balaban J connectivity index is 2.17. The smallest absolute Gasteiger partial charge is 0.292 e. The standard InChI is InChI=1S/C15H20ClN3O/c1-2-10-19-15(20)14(13(16)11-17-19)18-12-8-6-4-3-5-7-9-12/h1,11-12,18H,3-10H2. The third-order valence-electron chi connectivity index (χ3n) is 3.69. The molecule has 1 aliphatic rings. The molecular formula is C15H20ClN3O. The molecule has 0 aromatic carbocycles. The van der Waals surface area contributed by atoms with Crippen LogP contribution in [-0.4, -0.2) is 15.8 Å². The third-order valence-corrected chi connectivity index (χ3v) is 3.98. The molecule has 1 aliphatic carbocycles. The van der Waals surface area contributed by atoms with Crippen LogP contribution in [0.4, 0.5) is 5.69 Å². The van der Waals surface area contributed by atoms with Crippen molar-refractivity contribution in [2.75, 3.05) is 5.32 Å². The van der Waals surface area contributed by atoms with E-state index < -0.39 is 0 Å². The first-order chi connectivity index (χ1) is 9.72. The van der Waals surface area contributed by atoms with Crippen molar-refractivity contribution in [3.8, 4) is 12.3 Å². The van der Waals surface area contributed by atoms with Crippen molar-refractivity contribution < 1.29 is 0 Å². The van der Waals surface area contributed by atoms with Crippen molar-refractivity contribution in [1.29, 1.82) is 0 Å². The summed E-state index contributed by atoms with van der Waals surface area (Å²) in [6.07, 6.45) is 15.1. The molecule has 0 saturated heterocycles. The van der Waals surface area contributed by atoms with Gasteiger partial charge >= 0.3 is 0 Å². The number of anilines is 1. The predicted molar refractivity (Wildman–Crippen MR) is 82.1 cm³/mol. The van der Waals surface area contributed by atoms with Crippen LogP contribution in [0.25, 0.3) is 0 Å². The van der Waals surface area contributed by atoms with Crippen LogP contribution >= 0.6 is 11.6 Å². The molecule has 1 saturated carbocycles. The first-order valence-corrected chi connectivity index (χ1v) is 7.56. The molecule has 2 rings (SSSR count). The van der Waals surface area contributed by atoms with Crippen molar-refractivity contribution in [2.45, 2.75) is 57.5 Å². The number of aromatic nitrogens is 2. The number of hydrogen-bond donors (Lipinski definition) is 1. The maximum Gasteiger partial charge on any atom is 0.292 e. The Morgan fingerprint density at radius 3 is 2.65 bits per heavy atom. The zero-order valence-electron chi connectivity index (χ0n) is 11.6. The summed E-state index contributed by atoms with van der Waals surface area (Å²) < 4.78 is 1.26. The van der Waals surface area contributed by atoms with E-state index in [1.165, 1.54) is 43.0 Å². The molecule has 0 spiro atoms. The summed E-state index contributed by atoms with van der Waals surface area (Å²) in [5.41, 5.74) is 0.194. The molecule has 0 radical (unpaired) electrons. The second-order valence-electron chi connectivity index (χ2n) is 5.22. The molecule has 0 unspecified atom stereocenters. The molecule has 5 heteroatoms. The van der Waals surface area contributed by atoms with Gasteiger partial charge in [0.15, 0.2) is 0 Å². The summed E-state index contributed by atoms with van der Waals surface area (Å²) in [5, 5.41) is 7.62. The highest BCUT2D eigenvalue weighted by Crippen LogP contribution is 2.22. The van der Waals surface area contributed by atoms with Gasteiger partial charge < -0.3 is 5.32 Å². The highest BCUT2D eigenvalue weighted by atomic mass is 35.5. The van der Waals surface area contributed by atoms with Gasteiger partial charge in [0.05, 0.1) is 11.2 Å². The molecule has 20 heavy (non-hydrogen) atoms. The van der Waals surface area contributed by atoms with E-state index in [0.29, 0.717) is 16.8 Å². The predicted octanol–water partition coefficient (Wildman–Crippen LogP) is 3.05. The van der Waals surface area contributed by atoms with E-state index >= 15 is 0 Å². The molecule has 0 bridgehead atoms. The molecule has 1 aromatic heterocycles. The number of hydrogen-bond acceptors (Lipinski definition) is 3. The van der Waals surface area contributed by atoms with Crippen LogP contribution in [0.1, 0.15) is 44.9 Å². The Morgan fingerprint density at radius 2 is 2.00 bits per heavy atom. The van der Waals surface area contributed by atoms with Gasteiger partial charge in [0.2, 0.25) is 0 Å². The number of nitrogens with zero attached hydrogens (tertiary/aromatic N) is 2. The van der Waals surface area contributed by atoms with Crippen LogP contribution in [0.5, 0.6) is 0 Å². The molecule has 0 aliphatic heterocycles. The van der Waals surface area contributed by atoms with Crippen molar-refractivity contribution in [1.82, 2.24) is 9.78 Å². The van der Waals surface area contributed by atoms with Gasteiger partial charge in [0.25, 0.3) is 5.56 Å². The highest BCUT2D eigenvalue weighted by Gasteiger charge is 2.16. The van der Waals surface area contributed by atoms with Crippen molar-refractivity contribution in [3.05, 3.63) is 21.6 Å². The molecule has 108 valence electrons. The van der Waals surface area contributed by atoms with Crippen LogP contribution in [0.2, 0.25) is 5.02 Å². The third kappa shape index (κ3) is 3.77. The van der Waals surface area contributed by atoms with E-state index in [1.807, 2.05) is 0 Å². The van der Waals surface area contributed by atoms with Crippen LogP contribution in [0.15, 0.2) is 11.0 Å². The fourth-order valence-electron chi connectivity index (χ4n) is 2.60. The molecule has 1 fully saturated rings. The van der Waals surface area contributed by atoms with Crippen LogP contribution in [0.3, 0.4) is 0 Å². The summed E-state index contributed by atoms with van der Waals surface area (Å²) in [4.78, 5) is 12.3. The van der Waals surface area contributed by atoms with Gasteiger partial charge in [-0.25, -0.2) is 4.68 Å². The minimum Gasteiger partial charge on any atom is -0.377 e. The summed E-state index contributed by atoms with van der Waals surface area (Å²) in [6, 6.07) is 0.308. The minimum absolute atomic E-state index is 0.162. The molecule has 4 nitrogen and oxygen atoms in total. The van der Waals surface area contributed by atoms with Gasteiger partial charge in [-0.3, -0.25) is 4.79 Å². The second-order valence-corrected chi connectivity index (χ2v) is 5.63. The number of rotatable bonds is 3. The summed E-state index contributed by atoms with van der Waals surface area (Å²) in [7, 11) is 0. The second kappa shape index (κ2) is 7.35. The number of halogens is 1. The lowest BCUT2D eigenvalue weighted by Gasteiger charge is -2.22. The summed E-state index contributed by atoms with van der Waals surface area (Å²) in [6.45, 7) is 0.162. The minimum atomic E-state index is -0.238. The fraction of sp³-hybridized carbons (Fsp3) is 0.600. The van der Waals surface area contributed by atoms with E-state index in [1.54, 1.807) is 0 Å². The lowest BCUT2D eigenvalue weighted by atomic mass is 9.96. The number of terminal acetylenes is 1. The first-order valence-electron chi connectivity index (χ1n) is 7.18. The topological polar surface area (TPSA) is 46.9 Å². The van der Waals surface area contributed by atoms with Gasteiger partial charge in [0.1, 0.15) is 12.2 Å². The Bertz CT molecular complexity index is 539. The Kier molecular flexibility index (Phi) is 5.49. The molecule has 1 aromatic rings. The van der Waals surface area contributed by atoms with Crippen LogP contribution < -0.4 is 10.9 Å². The largest absolute Gasteiger partial charge is 0.377 e. The van der Waals surface area contributed by atoms with Crippen LogP contribution in [-0.2, 0) is 6.54 Å². The van der Waals surface area contributed by atoms with Crippen LogP contribution in [0, 0.1) is 12.3 Å². The summed E-state index contributed by atoms with van der Waals surface area (Å²) in [5.74, 6) is 2.42. The molecule has 0 atom stereocenters. The van der Waals surface area contributed by atoms with E-state index in [4.69, 9.17) is 18.0 Å². The van der Waals surface area contributed by atoms with Gasteiger partial charge in [-0.05, 0) is 12.8 Å². The van der Waals surface area contributed by atoms with Crippen molar-refractivity contribution >= 4 is 17.3 Å². The SMILES string of the molecule is C#CCn1ncc(Cl)c(NC2CCCCCCC2)c1=O. The van der Waals surface area contributed by atoms with Gasteiger partial charge in [0, 0.05) is 6.04 Å². The maximum absolute atomic E-state index is 12.3. The van der Waals surface area contributed by atoms with Crippen molar-refractivity contribution in [3.63, 3.8) is 0 Å². The molecule has 0 amide bonds. The van der Waals surface area contributed by atoms with Gasteiger partial charge in [-0.15, -0.1) is 6.42 Å². The quantitative estimate of drug-likeness (QED) is 0.871. The molecule has 1 heterocycles. The Hall–Kier alpha value is -1.47. The maximum atomic E-state index is 12.3. The van der Waals surface area contributed by atoms with E-state index in [9.17, 15) is 4.79 Å². The Morgan fingerprint density at radius 1 is 1.35 bits per heavy atom. The number of nitrogens with one attached hydrogen (secondary N) is 1. The normalized spacial score (nSPS) is 17.0. The monoisotopic (exact) mass is 293 g/mol. The lowest BCUT2D eigenvalue weighted by Crippen LogP contribution is -2.30. The summed E-state index contributed by atoms with van der Waals surface area (Å²) >= 11 is 6.10.